The number of hydrogen-bond donors (Lipinski definition) is 0. The predicted molar refractivity (Wildman–Crippen MR) is 75.3 cm³/mol. The Bertz CT molecular complexity index is 295. The Morgan fingerprint density at radius 1 is 1.05 bits per heavy atom. The highest BCUT2D eigenvalue weighted by Crippen LogP contribution is 2.22. The number of amides is 1. The van der Waals surface area contributed by atoms with Gasteiger partial charge in [0.1, 0.15) is 0 Å². The first-order valence-corrected chi connectivity index (χ1v) is 7.35. The number of nitrogens with zero attached hydrogens (tertiary/aromatic N) is 3. The van der Waals surface area contributed by atoms with Crippen LogP contribution >= 0.6 is 0 Å². The van der Waals surface area contributed by atoms with Gasteiger partial charge < -0.3 is 19.4 Å². The van der Waals surface area contributed by atoms with Crippen LogP contribution in [0.2, 0.25) is 0 Å². The third-order valence-corrected chi connectivity index (χ3v) is 4.74. The first-order valence-electron chi connectivity index (χ1n) is 7.35. The van der Waals surface area contributed by atoms with Crippen molar-refractivity contribution < 1.29 is 9.53 Å². The lowest BCUT2D eigenvalue weighted by molar-refractivity contribution is 0.0598. The highest BCUT2D eigenvalue weighted by molar-refractivity contribution is 5.67. The molecule has 19 heavy (non-hydrogen) atoms. The van der Waals surface area contributed by atoms with Gasteiger partial charge in [-0.3, -0.25) is 0 Å². The summed E-state index contributed by atoms with van der Waals surface area (Å²) in [5.41, 5.74) is 0. The normalized spacial score (nSPS) is 23.9. The molecule has 2 rings (SSSR count). The summed E-state index contributed by atoms with van der Waals surface area (Å²) in [6.07, 6.45) is 4.49. The number of methoxy groups -OCH3 is 1. The van der Waals surface area contributed by atoms with Crippen LogP contribution in [0.1, 0.15) is 25.7 Å². The summed E-state index contributed by atoms with van der Waals surface area (Å²) < 4.78 is 4.78. The van der Waals surface area contributed by atoms with Gasteiger partial charge in [0.05, 0.1) is 7.11 Å². The molecule has 5 heteroatoms. The van der Waals surface area contributed by atoms with Crippen LogP contribution in [0.25, 0.3) is 0 Å². The zero-order chi connectivity index (χ0) is 13.8. The van der Waals surface area contributed by atoms with E-state index in [-0.39, 0.29) is 6.09 Å². The molecular formula is C14H27N3O2. The highest BCUT2D eigenvalue weighted by atomic mass is 16.5. The average molecular weight is 269 g/mol. The third kappa shape index (κ3) is 3.60. The van der Waals surface area contributed by atoms with Gasteiger partial charge in [0, 0.05) is 25.2 Å². The molecule has 0 saturated carbocycles. The summed E-state index contributed by atoms with van der Waals surface area (Å²) in [6, 6.07) is 1.33. The van der Waals surface area contributed by atoms with Crippen LogP contribution in [0.15, 0.2) is 0 Å². The molecule has 0 atom stereocenters. The Hall–Kier alpha value is -0.810. The molecule has 2 heterocycles. The number of rotatable bonds is 2. The van der Waals surface area contributed by atoms with E-state index >= 15 is 0 Å². The summed E-state index contributed by atoms with van der Waals surface area (Å²) in [5.74, 6) is 0. The molecule has 0 radical (unpaired) electrons. The van der Waals surface area contributed by atoms with Crippen LogP contribution < -0.4 is 0 Å². The van der Waals surface area contributed by atoms with Crippen molar-refractivity contribution in [2.24, 2.45) is 0 Å². The molecular weight excluding hydrogens is 242 g/mol. The van der Waals surface area contributed by atoms with Crippen molar-refractivity contribution in [1.29, 1.82) is 0 Å². The van der Waals surface area contributed by atoms with Gasteiger partial charge in [-0.2, -0.15) is 0 Å². The molecule has 5 nitrogen and oxygen atoms in total. The molecule has 1 amide bonds. The number of hydrogen-bond acceptors (Lipinski definition) is 4. The minimum Gasteiger partial charge on any atom is -0.453 e. The van der Waals surface area contributed by atoms with Crippen molar-refractivity contribution in [3.63, 3.8) is 0 Å². The fraction of sp³-hybridized carbons (Fsp3) is 0.929. The monoisotopic (exact) mass is 269 g/mol. The van der Waals surface area contributed by atoms with Crippen molar-refractivity contribution in [1.82, 2.24) is 14.7 Å². The Labute approximate surface area is 116 Å². The number of carbonyl (C=O) groups is 1. The van der Waals surface area contributed by atoms with Gasteiger partial charge in [0.25, 0.3) is 0 Å². The van der Waals surface area contributed by atoms with Crippen LogP contribution in [0.3, 0.4) is 0 Å². The Morgan fingerprint density at radius 2 is 1.53 bits per heavy atom. The quantitative estimate of drug-likeness (QED) is 0.756. The van der Waals surface area contributed by atoms with Crippen molar-refractivity contribution >= 4 is 6.09 Å². The fourth-order valence-corrected chi connectivity index (χ4v) is 3.29. The number of piperidine rings is 2. The number of ether oxygens (including phenoxy) is 1. The van der Waals surface area contributed by atoms with E-state index in [1.54, 1.807) is 0 Å². The average Bonchev–Trinajstić information content (AvgIpc) is 2.46. The van der Waals surface area contributed by atoms with Crippen LogP contribution in [0.4, 0.5) is 4.79 Å². The maximum absolute atomic E-state index is 11.5. The Balaban J connectivity index is 1.79. The van der Waals surface area contributed by atoms with Crippen LogP contribution in [-0.2, 0) is 4.74 Å². The molecule has 0 unspecified atom stereocenters. The summed E-state index contributed by atoms with van der Waals surface area (Å²) in [5, 5.41) is 0. The van der Waals surface area contributed by atoms with Gasteiger partial charge >= 0.3 is 6.09 Å². The van der Waals surface area contributed by atoms with Crippen molar-refractivity contribution in [2.75, 3.05) is 47.4 Å². The largest absolute Gasteiger partial charge is 0.453 e. The lowest BCUT2D eigenvalue weighted by Gasteiger charge is -2.42. The summed E-state index contributed by atoms with van der Waals surface area (Å²) in [7, 11) is 5.92. The number of carbonyl (C=O) groups excluding carboxylic acids is 1. The van der Waals surface area contributed by atoms with Crippen molar-refractivity contribution in [3.8, 4) is 0 Å². The summed E-state index contributed by atoms with van der Waals surface area (Å²) >= 11 is 0. The molecule has 2 aliphatic rings. The molecule has 2 fully saturated rings. The van der Waals surface area contributed by atoms with Crippen LogP contribution in [0, 0.1) is 0 Å². The smallest absolute Gasteiger partial charge is 0.409 e. The molecule has 0 aromatic carbocycles. The Morgan fingerprint density at radius 3 is 2.00 bits per heavy atom. The lowest BCUT2D eigenvalue weighted by Crippen LogP contribution is -2.51. The molecule has 0 bridgehead atoms. The van der Waals surface area contributed by atoms with E-state index < -0.39 is 0 Å². The molecule has 2 aliphatic heterocycles. The van der Waals surface area contributed by atoms with Gasteiger partial charge in [0.2, 0.25) is 0 Å². The van der Waals surface area contributed by atoms with E-state index in [4.69, 9.17) is 4.74 Å². The van der Waals surface area contributed by atoms with Crippen LogP contribution in [-0.4, -0.2) is 80.3 Å². The molecule has 0 N–H and O–H groups in total. The molecule has 0 aromatic rings. The van der Waals surface area contributed by atoms with E-state index in [0.717, 1.165) is 25.9 Å². The summed E-state index contributed by atoms with van der Waals surface area (Å²) in [4.78, 5) is 18.2. The minimum atomic E-state index is -0.180. The van der Waals surface area contributed by atoms with E-state index in [1.807, 2.05) is 4.90 Å². The van der Waals surface area contributed by atoms with Gasteiger partial charge in [-0.05, 0) is 52.9 Å². The third-order valence-electron chi connectivity index (χ3n) is 4.74. The van der Waals surface area contributed by atoms with E-state index in [9.17, 15) is 4.79 Å². The second-order valence-electron chi connectivity index (χ2n) is 5.89. The first-order chi connectivity index (χ1) is 9.11. The van der Waals surface area contributed by atoms with Crippen molar-refractivity contribution in [3.05, 3.63) is 0 Å². The SMILES string of the molecule is COC(=O)N1CCC(N(C)C2CCN(C)CC2)CC1. The maximum atomic E-state index is 11.5. The van der Waals surface area contributed by atoms with Gasteiger partial charge in [-0.15, -0.1) is 0 Å². The van der Waals surface area contributed by atoms with Gasteiger partial charge in [-0.1, -0.05) is 0 Å². The number of likely N-dealkylation sites (tertiary alicyclic amines) is 2. The van der Waals surface area contributed by atoms with E-state index in [0.29, 0.717) is 12.1 Å². The topological polar surface area (TPSA) is 36.0 Å². The van der Waals surface area contributed by atoms with Gasteiger partial charge in [0.15, 0.2) is 0 Å². The molecule has 110 valence electrons. The first kappa shape index (κ1) is 14.6. The lowest BCUT2D eigenvalue weighted by atomic mass is 9.97. The zero-order valence-corrected chi connectivity index (χ0v) is 12.5. The second-order valence-corrected chi connectivity index (χ2v) is 5.89. The molecule has 0 aromatic heterocycles. The van der Waals surface area contributed by atoms with E-state index in [1.165, 1.54) is 33.0 Å². The Kier molecular flexibility index (Phi) is 5.05. The van der Waals surface area contributed by atoms with Gasteiger partial charge in [-0.25, -0.2) is 4.79 Å². The van der Waals surface area contributed by atoms with Crippen molar-refractivity contribution in [2.45, 2.75) is 37.8 Å². The minimum absolute atomic E-state index is 0.180. The fourth-order valence-electron chi connectivity index (χ4n) is 3.29. The second kappa shape index (κ2) is 6.57. The standard InChI is InChI=1S/C14H27N3O2/c1-15-8-4-12(5-9-15)16(2)13-6-10-17(11-7-13)14(18)19-3/h12-13H,4-11H2,1-3H3. The molecule has 0 spiro atoms. The summed E-state index contributed by atoms with van der Waals surface area (Å²) in [6.45, 7) is 4.06. The zero-order valence-electron chi connectivity index (χ0n) is 12.5. The van der Waals surface area contributed by atoms with E-state index in [2.05, 4.69) is 23.9 Å². The molecule has 2 saturated heterocycles. The predicted octanol–water partition coefficient (Wildman–Crippen LogP) is 1.24. The van der Waals surface area contributed by atoms with Crippen LogP contribution in [0.5, 0.6) is 0 Å². The molecule has 0 aliphatic carbocycles. The highest BCUT2D eigenvalue weighted by Gasteiger charge is 2.30. The maximum Gasteiger partial charge on any atom is 0.409 e.